The van der Waals surface area contributed by atoms with Crippen molar-refractivity contribution in [3.63, 3.8) is 0 Å². The monoisotopic (exact) mass is 323 g/mol. The predicted molar refractivity (Wildman–Crippen MR) is 97.2 cm³/mol. The van der Waals surface area contributed by atoms with Gasteiger partial charge in [-0.25, -0.2) is 0 Å². The third-order valence-corrected chi connectivity index (χ3v) is 4.46. The Bertz CT molecular complexity index is 587. The van der Waals surface area contributed by atoms with E-state index in [-0.39, 0.29) is 12.2 Å². The van der Waals surface area contributed by atoms with Crippen LogP contribution in [0.2, 0.25) is 0 Å². The number of rotatable bonds is 3. The zero-order valence-corrected chi connectivity index (χ0v) is 14.1. The van der Waals surface area contributed by atoms with E-state index < -0.39 is 0 Å². The van der Waals surface area contributed by atoms with E-state index in [1.807, 2.05) is 36.4 Å². The smallest absolute Gasteiger partial charge is 0.307 e. The molecule has 0 amide bonds. The van der Waals surface area contributed by atoms with Crippen LogP contribution in [0.15, 0.2) is 60.7 Å². The number of esters is 1. The zero-order valence-electron chi connectivity index (χ0n) is 14.1. The highest BCUT2D eigenvalue weighted by Gasteiger charge is 2.24. The molecule has 0 N–H and O–H groups in total. The van der Waals surface area contributed by atoms with E-state index in [1.165, 1.54) is 12.8 Å². The number of carbonyl (C=O) groups is 1. The lowest BCUT2D eigenvalue weighted by Crippen LogP contribution is -2.35. The standard InChI is InChI=1S/C21H25NO2/c23-21-17-11-3-1-2-10-16-20(24-21)22(18-12-6-4-7-13-18)19-14-8-5-9-15-19/h4-9,12-15,20H,1-3,10-11,16-17H2. The molecule has 1 aliphatic heterocycles. The van der Waals surface area contributed by atoms with E-state index in [1.54, 1.807) is 0 Å². The molecule has 2 aromatic carbocycles. The Morgan fingerprint density at radius 2 is 1.29 bits per heavy atom. The van der Waals surface area contributed by atoms with Crippen molar-refractivity contribution in [1.29, 1.82) is 0 Å². The van der Waals surface area contributed by atoms with E-state index in [0.29, 0.717) is 6.42 Å². The Kier molecular flexibility index (Phi) is 5.89. The molecule has 1 heterocycles. The van der Waals surface area contributed by atoms with Gasteiger partial charge in [-0.15, -0.1) is 0 Å². The lowest BCUT2D eigenvalue weighted by atomic mass is 10.1. The number of benzene rings is 2. The number of anilines is 2. The highest BCUT2D eigenvalue weighted by atomic mass is 16.6. The Balaban J connectivity index is 1.91. The average molecular weight is 323 g/mol. The van der Waals surface area contributed by atoms with Gasteiger partial charge in [0.2, 0.25) is 0 Å². The van der Waals surface area contributed by atoms with Crippen LogP contribution in [-0.2, 0) is 9.53 Å². The van der Waals surface area contributed by atoms with Gasteiger partial charge in [-0.3, -0.25) is 4.79 Å². The Labute approximate surface area is 144 Å². The van der Waals surface area contributed by atoms with Crippen molar-refractivity contribution in [2.45, 2.75) is 51.2 Å². The van der Waals surface area contributed by atoms with Crippen molar-refractivity contribution in [3.8, 4) is 0 Å². The summed E-state index contributed by atoms with van der Waals surface area (Å²) in [6, 6.07) is 20.4. The third-order valence-electron chi connectivity index (χ3n) is 4.46. The van der Waals surface area contributed by atoms with Crippen LogP contribution in [-0.4, -0.2) is 12.2 Å². The maximum Gasteiger partial charge on any atom is 0.307 e. The molecule has 0 spiro atoms. The first kappa shape index (κ1) is 16.6. The van der Waals surface area contributed by atoms with Gasteiger partial charge < -0.3 is 9.64 Å². The molecule has 1 saturated heterocycles. The molecule has 0 saturated carbocycles. The van der Waals surface area contributed by atoms with Crippen molar-refractivity contribution in [2.75, 3.05) is 4.90 Å². The molecule has 1 atom stereocenters. The molecule has 0 bridgehead atoms. The number of hydrogen-bond donors (Lipinski definition) is 0. The van der Waals surface area contributed by atoms with Crippen LogP contribution >= 0.6 is 0 Å². The largest absolute Gasteiger partial charge is 0.441 e. The zero-order chi connectivity index (χ0) is 16.6. The van der Waals surface area contributed by atoms with Crippen LogP contribution in [0, 0.1) is 0 Å². The van der Waals surface area contributed by atoms with E-state index in [0.717, 1.165) is 37.1 Å². The van der Waals surface area contributed by atoms with Gasteiger partial charge in [0.05, 0.1) is 0 Å². The van der Waals surface area contributed by atoms with E-state index in [9.17, 15) is 4.79 Å². The van der Waals surface area contributed by atoms with Crippen LogP contribution < -0.4 is 4.90 Å². The van der Waals surface area contributed by atoms with Crippen LogP contribution in [0.1, 0.15) is 44.9 Å². The van der Waals surface area contributed by atoms with Crippen molar-refractivity contribution < 1.29 is 9.53 Å². The summed E-state index contributed by atoms with van der Waals surface area (Å²) >= 11 is 0. The first-order chi connectivity index (χ1) is 11.8. The van der Waals surface area contributed by atoms with Gasteiger partial charge in [0, 0.05) is 24.2 Å². The highest BCUT2D eigenvalue weighted by molar-refractivity contribution is 5.71. The normalized spacial score (nSPS) is 19.3. The number of nitrogens with zero attached hydrogens (tertiary/aromatic N) is 1. The Morgan fingerprint density at radius 1 is 0.750 bits per heavy atom. The summed E-state index contributed by atoms with van der Waals surface area (Å²) in [6.45, 7) is 0. The molecule has 1 unspecified atom stereocenters. The van der Waals surface area contributed by atoms with Gasteiger partial charge in [-0.2, -0.15) is 0 Å². The molecule has 126 valence electrons. The van der Waals surface area contributed by atoms with Gasteiger partial charge >= 0.3 is 5.97 Å². The fraction of sp³-hybridized carbons (Fsp3) is 0.381. The lowest BCUT2D eigenvalue weighted by Gasteiger charge is -2.33. The molecule has 2 aromatic rings. The molecule has 3 rings (SSSR count). The summed E-state index contributed by atoms with van der Waals surface area (Å²) in [5.74, 6) is -0.0845. The van der Waals surface area contributed by atoms with Crippen LogP contribution in [0.5, 0.6) is 0 Å². The first-order valence-corrected chi connectivity index (χ1v) is 8.93. The van der Waals surface area contributed by atoms with Gasteiger partial charge in [-0.1, -0.05) is 55.7 Å². The van der Waals surface area contributed by atoms with Gasteiger partial charge in [-0.05, 0) is 37.1 Å². The summed E-state index contributed by atoms with van der Waals surface area (Å²) in [5.41, 5.74) is 2.11. The second-order valence-corrected chi connectivity index (χ2v) is 6.29. The Hall–Kier alpha value is -2.29. The lowest BCUT2D eigenvalue weighted by molar-refractivity contribution is -0.149. The minimum atomic E-state index is -0.250. The van der Waals surface area contributed by atoms with Crippen LogP contribution in [0.4, 0.5) is 11.4 Å². The van der Waals surface area contributed by atoms with Crippen LogP contribution in [0.3, 0.4) is 0 Å². The molecule has 0 aliphatic carbocycles. The SMILES string of the molecule is O=C1CCCCCCCC(N(c2ccccc2)c2ccccc2)O1. The van der Waals surface area contributed by atoms with E-state index >= 15 is 0 Å². The predicted octanol–water partition coefficient (Wildman–Crippen LogP) is 5.44. The highest BCUT2D eigenvalue weighted by Crippen LogP contribution is 2.31. The summed E-state index contributed by atoms with van der Waals surface area (Å²) in [6.07, 6.45) is 6.67. The maximum atomic E-state index is 12.2. The second kappa shape index (κ2) is 8.53. The van der Waals surface area contributed by atoms with E-state index in [2.05, 4.69) is 29.2 Å². The first-order valence-electron chi connectivity index (χ1n) is 8.93. The summed E-state index contributed by atoms with van der Waals surface area (Å²) in [7, 11) is 0. The summed E-state index contributed by atoms with van der Waals surface area (Å²) in [5, 5.41) is 0. The average Bonchev–Trinajstić information content (AvgIpc) is 2.63. The molecule has 3 nitrogen and oxygen atoms in total. The van der Waals surface area contributed by atoms with Crippen molar-refractivity contribution in [1.82, 2.24) is 0 Å². The minimum absolute atomic E-state index is 0.0845. The Morgan fingerprint density at radius 3 is 1.92 bits per heavy atom. The van der Waals surface area contributed by atoms with Crippen molar-refractivity contribution in [2.24, 2.45) is 0 Å². The number of hydrogen-bond acceptors (Lipinski definition) is 3. The number of para-hydroxylation sites is 2. The second-order valence-electron chi connectivity index (χ2n) is 6.29. The quantitative estimate of drug-likeness (QED) is 0.705. The number of ether oxygens (including phenoxy) is 1. The molecule has 0 aromatic heterocycles. The van der Waals surface area contributed by atoms with Gasteiger partial charge in [0.25, 0.3) is 0 Å². The van der Waals surface area contributed by atoms with E-state index in [4.69, 9.17) is 4.74 Å². The molecule has 1 aliphatic rings. The molecular formula is C21H25NO2. The third kappa shape index (κ3) is 4.38. The molecule has 1 fully saturated rings. The van der Waals surface area contributed by atoms with Crippen molar-refractivity contribution >= 4 is 17.3 Å². The maximum absolute atomic E-state index is 12.2. The molecular weight excluding hydrogens is 298 g/mol. The minimum Gasteiger partial charge on any atom is -0.441 e. The number of cyclic esters (lactones) is 1. The number of carbonyl (C=O) groups excluding carboxylic acids is 1. The fourth-order valence-electron chi connectivity index (χ4n) is 3.23. The summed E-state index contributed by atoms with van der Waals surface area (Å²) in [4.78, 5) is 14.4. The topological polar surface area (TPSA) is 29.5 Å². The van der Waals surface area contributed by atoms with Crippen molar-refractivity contribution in [3.05, 3.63) is 60.7 Å². The summed E-state index contributed by atoms with van der Waals surface area (Å²) < 4.78 is 5.88. The fourth-order valence-corrected chi connectivity index (χ4v) is 3.23. The van der Waals surface area contributed by atoms with Crippen LogP contribution in [0.25, 0.3) is 0 Å². The van der Waals surface area contributed by atoms with Gasteiger partial charge in [0.1, 0.15) is 0 Å². The molecule has 24 heavy (non-hydrogen) atoms. The molecule has 3 heteroatoms. The molecule has 0 radical (unpaired) electrons. The van der Waals surface area contributed by atoms with Gasteiger partial charge in [0.15, 0.2) is 6.23 Å².